The summed E-state index contributed by atoms with van der Waals surface area (Å²) in [7, 11) is 1.64. The third kappa shape index (κ3) is 4.55. The van der Waals surface area contributed by atoms with Crippen LogP contribution in [-0.2, 0) is 10.3 Å². The van der Waals surface area contributed by atoms with E-state index >= 15 is 0 Å². The number of benzene rings is 1. The number of nitrogen functional groups attached to an aromatic ring is 1. The number of ether oxygens (including phenoxy) is 1. The van der Waals surface area contributed by atoms with Gasteiger partial charge in [-0.2, -0.15) is 4.98 Å². The number of methoxy groups -OCH3 is 1. The van der Waals surface area contributed by atoms with Crippen molar-refractivity contribution in [1.29, 1.82) is 0 Å². The fraction of sp³-hybridized carbons (Fsp3) is 0.273. The van der Waals surface area contributed by atoms with Crippen molar-refractivity contribution in [3.63, 3.8) is 0 Å². The van der Waals surface area contributed by atoms with E-state index in [4.69, 9.17) is 10.5 Å². The van der Waals surface area contributed by atoms with Crippen molar-refractivity contribution in [3.05, 3.63) is 52.1 Å². The smallest absolute Gasteiger partial charge is 0.221 e. The lowest BCUT2D eigenvalue weighted by molar-refractivity contribution is 0.121. The zero-order chi connectivity index (χ0) is 22.7. The lowest BCUT2D eigenvalue weighted by Crippen LogP contribution is -2.18. The lowest BCUT2D eigenvalue weighted by atomic mass is 10.1. The predicted molar refractivity (Wildman–Crippen MR) is 125 cm³/mol. The molecule has 1 unspecified atom stereocenters. The van der Waals surface area contributed by atoms with Gasteiger partial charge in [0.1, 0.15) is 10.8 Å². The van der Waals surface area contributed by atoms with Crippen molar-refractivity contribution in [2.45, 2.75) is 19.4 Å². The summed E-state index contributed by atoms with van der Waals surface area (Å²) in [4.78, 5) is 17.4. The highest BCUT2D eigenvalue weighted by molar-refractivity contribution is 7.09. The van der Waals surface area contributed by atoms with Crippen molar-refractivity contribution in [1.82, 2.24) is 24.5 Å². The Morgan fingerprint density at radius 2 is 2.12 bits per heavy atom. The van der Waals surface area contributed by atoms with Gasteiger partial charge >= 0.3 is 0 Å². The number of nitrogens with one attached hydrogen (secondary N) is 1. The summed E-state index contributed by atoms with van der Waals surface area (Å²) in [6, 6.07) is 7.40. The molecule has 0 aliphatic rings. The second-order valence-electron chi connectivity index (χ2n) is 7.28. The Kier molecular flexibility index (Phi) is 6.05. The van der Waals surface area contributed by atoms with Gasteiger partial charge in [0.25, 0.3) is 0 Å². The second kappa shape index (κ2) is 8.92. The van der Waals surface area contributed by atoms with Crippen LogP contribution in [0.1, 0.15) is 23.2 Å². The number of nitrogens with zero attached hydrogens (tertiary/aromatic N) is 5. The Labute approximate surface area is 189 Å². The second-order valence-corrected chi connectivity index (χ2v) is 8.14. The maximum absolute atomic E-state index is 10.8. The van der Waals surface area contributed by atoms with E-state index < -0.39 is 5.60 Å². The Hall–Kier alpha value is -3.52. The number of fused-ring (bicyclic) bond motifs is 1. The molecule has 1 aromatic carbocycles. The molecule has 32 heavy (non-hydrogen) atoms. The normalized spacial score (nSPS) is 12.9. The van der Waals surface area contributed by atoms with Crippen LogP contribution in [0.3, 0.4) is 0 Å². The fourth-order valence-corrected chi connectivity index (χ4v) is 3.89. The van der Waals surface area contributed by atoms with Gasteiger partial charge in [-0.25, -0.2) is 15.0 Å². The van der Waals surface area contributed by atoms with Crippen LogP contribution in [0.4, 0.5) is 11.9 Å². The van der Waals surface area contributed by atoms with Gasteiger partial charge in [-0.1, -0.05) is 11.8 Å². The lowest BCUT2D eigenvalue weighted by Gasteiger charge is -2.12. The van der Waals surface area contributed by atoms with Crippen LogP contribution in [0.2, 0.25) is 0 Å². The zero-order valence-corrected chi connectivity index (χ0v) is 18.8. The molecule has 4 aromatic rings. The van der Waals surface area contributed by atoms with Gasteiger partial charge in [-0.05, 0) is 32.0 Å². The van der Waals surface area contributed by atoms with Crippen molar-refractivity contribution in [2.75, 3.05) is 31.3 Å². The topological polar surface area (TPSA) is 124 Å². The minimum Gasteiger partial charge on any atom is -0.383 e. The zero-order valence-electron chi connectivity index (χ0n) is 18.0. The Bertz CT molecular complexity index is 1320. The molecule has 0 fully saturated rings. The molecule has 0 aliphatic heterocycles. The number of imidazole rings is 1. The summed E-state index contributed by atoms with van der Waals surface area (Å²) in [6.07, 6.45) is 1.60. The van der Waals surface area contributed by atoms with E-state index in [0.29, 0.717) is 29.9 Å². The van der Waals surface area contributed by atoms with Crippen LogP contribution in [0, 0.1) is 18.8 Å². The summed E-state index contributed by atoms with van der Waals surface area (Å²) < 4.78 is 6.99. The summed E-state index contributed by atoms with van der Waals surface area (Å²) in [6.45, 7) is 4.62. The van der Waals surface area contributed by atoms with E-state index in [0.717, 1.165) is 22.3 Å². The molecule has 4 rings (SSSR count). The van der Waals surface area contributed by atoms with Crippen LogP contribution in [0.15, 0.2) is 35.8 Å². The molecule has 0 spiro atoms. The first-order valence-corrected chi connectivity index (χ1v) is 10.8. The molecule has 164 valence electrons. The molecule has 0 saturated heterocycles. The van der Waals surface area contributed by atoms with E-state index in [1.807, 2.05) is 35.1 Å². The summed E-state index contributed by atoms with van der Waals surface area (Å²) in [5.74, 6) is 7.34. The number of hydrogen-bond acceptors (Lipinski definition) is 9. The van der Waals surface area contributed by atoms with Crippen molar-refractivity contribution in [2.24, 2.45) is 0 Å². The van der Waals surface area contributed by atoms with Crippen LogP contribution in [0.25, 0.3) is 16.9 Å². The first kappa shape index (κ1) is 21.7. The third-order valence-electron chi connectivity index (χ3n) is 4.62. The van der Waals surface area contributed by atoms with Gasteiger partial charge in [0, 0.05) is 42.6 Å². The maximum Gasteiger partial charge on any atom is 0.221 e. The van der Waals surface area contributed by atoms with Gasteiger partial charge < -0.3 is 20.9 Å². The number of aromatic nitrogens is 5. The van der Waals surface area contributed by atoms with Crippen LogP contribution >= 0.6 is 11.3 Å². The molecule has 9 nitrogen and oxygen atoms in total. The first-order chi connectivity index (χ1) is 15.4. The first-order valence-electron chi connectivity index (χ1n) is 9.90. The predicted octanol–water partition coefficient (Wildman–Crippen LogP) is 2.48. The highest BCUT2D eigenvalue weighted by atomic mass is 32.1. The number of anilines is 2. The Balaban J connectivity index is 1.77. The molecule has 3 aromatic heterocycles. The quantitative estimate of drug-likeness (QED) is 0.303. The monoisotopic (exact) mass is 449 g/mol. The Morgan fingerprint density at radius 3 is 2.84 bits per heavy atom. The number of thiazole rings is 1. The van der Waals surface area contributed by atoms with Gasteiger partial charge in [0.2, 0.25) is 11.9 Å². The van der Waals surface area contributed by atoms with Crippen molar-refractivity contribution >= 4 is 34.3 Å². The molecule has 4 N–H and O–H groups in total. The summed E-state index contributed by atoms with van der Waals surface area (Å²) in [5.41, 5.74) is 7.59. The standard InChI is InChI=1S/C22H23N7O2S/c1-14-13-32-19(26-14)22(2,30)8-6-15-4-5-16-17(12-15)29(18-7-9-24-20(23)28-18)21(27-16)25-10-11-31-3/h4-5,7,9,12-13,30H,10-11H2,1-3H3,(H,25,27)(H2,23,24,28). The number of nitrogens with two attached hydrogens (primary N) is 1. The third-order valence-corrected chi connectivity index (χ3v) is 5.79. The highest BCUT2D eigenvalue weighted by Crippen LogP contribution is 2.26. The average molecular weight is 450 g/mol. The SMILES string of the molecule is COCCNc1nc2ccc(C#CC(C)(O)c3nc(C)cs3)cc2n1-c1ccnc(N)n1. The minimum absolute atomic E-state index is 0.165. The van der Waals surface area contributed by atoms with Crippen LogP contribution < -0.4 is 11.1 Å². The van der Waals surface area contributed by atoms with E-state index in [1.54, 1.807) is 26.3 Å². The van der Waals surface area contributed by atoms with Crippen molar-refractivity contribution in [3.8, 4) is 17.7 Å². The van der Waals surface area contributed by atoms with E-state index in [2.05, 4.69) is 37.1 Å². The van der Waals surface area contributed by atoms with Gasteiger partial charge in [-0.15, -0.1) is 11.3 Å². The highest BCUT2D eigenvalue weighted by Gasteiger charge is 2.24. The number of hydrogen-bond donors (Lipinski definition) is 3. The van der Waals surface area contributed by atoms with E-state index in [1.165, 1.54) is 11.3 Å². The molecule has 0 bridgehead atoms. The molecule has 10 heteroatoms. The van der Waals surface area contributed by atoms with Gasteiger partial charge in [-0.3, -0.25) is 4.57 Å². The summed E-state index contributed by atoms with van der Waals surface area (Å²) in [5, 5.41) is 16.5. The molecule has 0 amide bonds. The van der Waals surface area contributed by atoms with E-state index in [-0.39, 0.29) is 5.95 Å². The molecule has 0 radical (unpaired) electrons. The molecule has 1 atom stereocenters. The average Bonchev–Trinajstić information content (AvgIpc) is 3.36. The van der Waals surface area contributed by atoms with E-state index in [9.17, 15) is 5.11 Å². The van der Waals surface area contributed by atoms with Crippen LogP contribution in [-0.4, -0.2) is 49.9 Å². The number of aliphatic hydroxyl groups is 1. The van der Waals surface area contributed by atoms with Gasteiger partial charge in [0.05, 0.1) is 17.6 Å². The molecular formula is C22H23N7O2S. The Morgan fingerprint density at radius 1 is 1.28 bits per heavy atom. The largest absolute Gasteiger partial charge is 0.383 e. The number of aryl methyl sites for hydroxylation is 1. The molecule has 0 saturated carbocycles. The molecule has 0 aliphatic carbocycles. The molecule has 3 heterocycles. The molecular weight excluding hydrogens is 426 g/mol. The van der Waals surface area contributed by atoms with Gasteiger partial charge in [0.15, 0.2) is 5.60 Å². The summed E-state index contributed by atoms with van der Waals surface area (Å²) >= 11 is 1.39. The minimum atomic E-state index is -1.35. The van der Waals surface area contributed by atoms with Crippen molar-refractivity contribution < 1.29 is 9.84 Å². The maximum atomic E-state index is 10.8. The fourth-order valence-electron chi connectivity index (χ4n) is 3.08. The van der Waals surface area contributed by atoms with Crippen LogP contribution in [0.5, 0.6) is 0 Å². The number of rotatable bonds is 6.